The van der Waals surface area contributed by atoms with Gasteiger partial charge < -0.3 is 9.84 Å². The van der Waals surface area contributed by atoms with Crippen LogP contribution in [0.1, 0.15) is 56.7 Å². The van der Waals surface area contributed by atoms with Gasteiger partial charge in [-0.2, -0.15) is 0 Å². The van der Waals surface area contributed by atoms with E-state index in [2.05, 4.69) is 46.8 Å². The molecule has 0 heterocycles. The molecule has 0 radical (unpaired) electrons. The first-order valence-corrected chi connectivity index (χ1v) is 8.17. The normalized spacial score (nSPS) is 29.7. The second-order valence-corrected chi connectivity index (χ2v) is 7.32. The molecular formula is C19H30O2. The zero-order valence-corrected chi connectivity index (χ0v) is 14.4. The fraction of sp³-hybridized carbons (Fsp3) is 0.684. The van der Waals surface area contributed by atoms with E-state index in [4.69, 9.17) is 4.74 Å². The molecule has 2 rings (SSSR count). The molecule has 1 aliphatic rings. The monoisotopic (exact) mass is 290 g/mol. The van der Waals surface area contributed by atoms with Gasteiger partial charge in [0.05, 0.1) is 12.7 Å². The van der Waals surface area contributed by atoms with E-state index in [0.29, 0.717) is 17.8 Å². The summed E-state index contributed by atoms with van der Waals surface area (Å²) in [4.78, 5) is 0. The predicted molar refractivity (Wildman–Crippen MR) is 87.7 cm³/mol. The lowest BCUT2D eigenvalue weighted by Gasteiger charge is -2.46. The number of ether oxygens (including phenoxy) is 1. The predicted octanol–water partition coefficient (Wildman–Crippen LogP) is 4.59. The SMILES string of the molecule is COc1cc(C)cc(C)c1C1(O)CC(C)CCC1C(C)C. The summed E-state index contributed by atoms with van der Waals surface area (Å²) in [5.41, 5.74) is 2.58. The van der Waals surface area contributed by atoms with Gasteiger partial charge in [0.1, 0.15) is 5.75 Å². The van der Waals surface area contributed by atoms with Crippen molar-refractivity contribution in [2.24, 2.45) is 17.8 Å². The van der Waals surface area contributed by atoms with E-state index in [1.807, 2.05) is 0 Å². The Morgan fingerprint density at radius 3 is 2.48 bits per heavy atom. The Bertz CT molecular complexity index is 507. The minimum absolute atomic E-state index is 0.295. The fourth-order valence-corrected chi connectivity index (χ4v) is 4.30. The third-order valence-electron chi connectivity index (χ3n) is 5.14. The average molecular weight is 290 g/mol. The third kappa shape index (κ3) is 2.96. The lowest BCUT2D eigenvalue weighted by atomic mass is 9.63. The van der Waals surface area contributed by atoms with Gasteiger partial charge in [0, 0.05) is 5.56 Å². The number of methoxy groups -OCH3 is 1. The van der Waals surface area contributed by atoms with Gasteiger partial charge in [-0.05, 0) is 61.6 Å². The summed E-state index contributed by atoms with van der Waals surface area (Å²) < 4.78 is 5.63. The molecular weight excluding hydrogens is 260 g/mol. The van der Waals surface area contributed by atoms with Crippen LogP contribution >= 0.6 is 0 Å². The molecule has 3 unspecified atom stereocenters. The van der Waals surface area contributed by atoms with Gasteiger partial charge in [-0.3, -0.25) is 0 Å². The minimum Gasteiger partial charge on any atom is -0.496 e. The largest absolute Gasteiger partial charge is 0.496 e. The third-order valence-corrected chi connectivity index (χ3v) is 5.14. The zero-order valence-electron chi connectivity index (χ0n) is 14.4. The van der Waals surface area contributed by atoms with Gasteiger partial charge in [-0.25, -0.2) is 0 Å². The summed E-state index contributed by atoms with van der Waals surface area (Å²) in [6, 6.07) is 4.21. The number of aliphatic hydroxyl groups is 1. The molecule has 1 aliphatic carbocycles. The molecule has 1 saturated carbocycles. The lowest BCUT2D eigenvalue weighted by Crippen LogP contribution is -2.43. The molecule has 3 atom stereocenters. The number of hydrogen-bond acceptors (Lipinski definition) is 2. The standard InChI is InChI=1S/C19H30O2/c1-12(2)16-8-7-13(3)11-19(16,20)18-15(5)9-14(4)10-17(18)21-6/h9-10,12-13,16,20H,7-8,11H2,1-6H3. The molecule has 1 aromatic carbocycles. The van der Waals surface area contributed by atoms with Crippen molar-refractivity contribution in [1.82, 2.24) is 0 Å². The smallest absolute Gasteiger partial charge is 0.125 e. The van der Waals surface area contributed by atoms with Crippen molar-refractivity contribution in [2.45, 2.75) is 59.5 Å². The Hall–Kier alpha value is -1.02. The minimum atomic E-state index is -0.769. The van der Waals surface area contributed by atoms with Crippen LogP contribution in [0.5, 0.6) is 5.75 Å². The highest BCUT2D eigenvalue weighted by atomic mass is 16.5. The maximum absolute atomic E-state index is 11.6. The average Bonchev–Trinajstić information content (AvgIpc) is 2.36. The molecule has 1 fully saturated rings. The summed E-state index contributed by atoms with van der Waals surface area (Å²) in [6.07, 6.45) is 3.13. The van der Waals surface area contributed by atoms with Crippen LogP contribution in [0.25, 0.3) is 0 Å². The van der Waals surface area contributed by atoms with Gasteiger partial charge in [0.25, 0.3) is 0 Å². The van der Waals surface area contributed by atoms with Gasteiger partial charge in [0.2, 0.25) is 0 Å². The van der Waals surface area contributed by atoms with Crippen LogP contribution in [0.15, 0.2) is 12.1 Å². The zero-order chi connectivity index (χ0) is 15.8. The summed E-state index contributed by atoms with van der Waals surface area (Å²) in [6.45, 7) is 10.9. The Balaban J connectivity index is 2.59. The Morgan fingerprint density at radius 1 is 1.24 bits per heavy atom. The van der Waals surface area contributed by atoms with E-state index in [9.17, 15) is 5.11 Å². The lowest BCUT2D eigenvalue weighted by molar-refractivity contribution is -0.0881. The van der Waals surface area contributed by atoms with Crippen molar-refractivity contribution in [3.8, 4) is 5.75 Å². The van der Waals surface area contributed by atoms with E-state index in [1.54, 1.807) is 7.11 Å². The number of benzene rings is 1. The molecule has 0 spiro atoms. The molecule has 0 aromatic heterocycles. The van der Waals surface area contributed by atoms with Crippen LogP contribution in [-0.4, -0.2) is 12.2 Å². The van der Waals surface area contributed by atoms with Crippen LogP contribution in [0.2, 0.25) is 0 Å². The van der Waals surface area contributed by atoms with Crippen molar-refractivity contribution < 1.29 is 9.84 Å². The topological polar surface area (TPSA) is 29.5 Å². The Morgan fingerprint density at radius 2 is 1.90 bits per heavy atom. The number of rotatable bonds is 3. The van der Waals surface area contributed by atoms with Gasteiger partial charge in [0.15, 0.2) is 0 Å². The Kier molecular flexibility index (Phi) is 4.67. The second-order valence-electron chi connectivity index (χ2n) is 7.32. The van der Waals surface area contributed by atoms with Crippen molar-refractivity contribution in [3.05, 3.63) is 28.8 Å². The van der Waals surface area contributed by atoms with E-state index >= 15 is 0 Å². The second kappa shape index (κ2) is 6.00. The summed E-state index contributed by atoms with van der Waals surface area (Å²) >= 11 is 0. The first kappa shape index (κ1) is 16.4. The van der Waals surface area contributed by atoms with Crippen molar-refractivity contribution >= 4 is 0 Å². The highest BCUT2D eigenvalue weighted by Gasteiger charge is 2.46. The molecule has 118 valence electrons. The summed E-state index contributed by atoms with van der Waals surface area (Å²) in [5, 5.41) is 11.6. The van der Waals surface area contributed by atoms with Crippen LogP contribution < -0.4 is 4.74 Å². The summed E-state index contributed by atoms with van der Waals surface area (Å²) in [7, 11) is 1.71. The van der Waals surface area contributed by atoms with Gasteiger partial charge in [-0.1, -0.05) is 33.3 Å². The van der Waals surface area contributed by atoms with Crippen molar-refractivity contribution in [2.75, 3.05) is 7.11 Å². The fourth-order valence-electron chi connectivity index (χ4n) is 4.30. The first-order valence-electron chi connectivity index (χ1n) is 8.17. The summed E-state index contributed by atoms with van der Waals surface area (Å²) in [5.74, 6) is 2.15. The van der Waals surface area contributed by atoms with Crippen LogP contribution in [0.3, 0.4) is 0 Å². The molecule has 0 bridgehead atoms. The van der Waals surface area contributed by atoms with E-state index in [-0.39, 0.29) is 0 Å². The van der Waals surface area contributed by atoms with E-state index in [0.717, 1.165) is 29.7 Å². The quantitative estimate of drug-likeness (QED) is 0.882. The molecule has 0 saturated heterocycles. The molecule has 1 aromatic rings. The maximum atomic E-state index is 11.6. The van der Waals surface area contributed by atoms with Crippen LogP contribution in [0.4, 0.5) is 0 Å². The van der Waals surface area contributed by atoms with E-state index < -0.39 is 5.60 Å². The number of aryl methyl sites for hydroxylation is 2. The molecule has 0 amide bonds. The first-order chi connectivity index (χ1) is 9.79. The van der Waals surface area contributed by atoms with Crippen molar-refractivity contribution in [1.29, 1.82) is 0 Å². The molecule has 2 nitrogen and oxygen atoms in total. The van der Waals surface area contributed by atoms with E-state index in [1.165, 1.54) is 12.0 Å². The van der Waals surface area contributed by atoms with Crippen molar-refractivity contribution in [3.63, 3.8) is 0 Å². The Labute approximate surface area is 129 Å². The molecule has 21 heavy (non-hydrogen) atoms. The maximum Gasteiger partial charge on any atom is 0.125 e. The molecule has 2 heteroatoms. The number of hydrogen-bond donors (Lipinski definition) is 1. The highest BCUT2D eigenvalue weighted by Crippen LogP contribution is 2.50. The van der Waals surface area contributed by atoms with Crippen LogP contribution in [-0.2, 0) is 5.60 Å². The van der Waals surface area contributed by atoms with Gasteiger partial charge in [-0.15, -0.1) is 0 Å². The molecule has 0 aliphatic heterocycles. The van der Waals surface area contributed by atoms with Gasteiger partial charge >= 0.3 is 0 Å². The van der Waals surface area contributed by atoms with Crippen LogP contribution in [0, 0.1) is 31.6 Å². The molecule has 1 N–H and O–H groups in total. The highest BCUT2D eigenvalue weighted by molar-refractivity contribution is 5.47.